The number of nitrogens with zero attached hydrogens (tertiary/aromatic N) is 2. The van der Waals surface area contributed by atoms with E-state index in [4.69, 9.17) is 9.47 Å². The highest BCUT2D eigenvalue weighted by Crippen LogP contribution is 2.67. The van der Waals surface area contributed by atoms with Crippen molar-refractivity contribution in [2.45, 2.75) is 450 Å². The summed E-state index contributed by atoms with van der Waals surface area (Å²) in [6.45, 7) is 16.8. The molecule has 10 aliphatic carbocycles. The fraction of sp³-hybridized carbons (Fsp3) is 1.00. The van der Waals surface area contributed by atoms with E-state index in [9.17, 15) is 0 Å². The summed E-state index contributed by atoms with van der Waals surface area (Å²) in [7, 11) is 0. The van der Waals surface area contributed by atoms with Gasteiger partial charge in [-0.15, -0.1) is 0 Å². The third-order valence-electron chi connectivity index (χ3n) is 29.5. The molecular weight excluding hydrogens is 1090 g/mol. The fourth-order valence-electron chi connectivity index (χ4n) is 24.5. The maximum Gasteiger partial charge on any atom is 0.0575 e. The van der Waals surface area contributed by atoms with Gasteiger partial charge in [-0.05, 0) is 288 Å². The lowest BCUT2D eigenvalue weighted by molar-refractivity contribution is -0.191. The summed E-state index contributed by atoms with van der Waals surface area (Å²) in [5, 5.41) is 0. The van der Waals surface area contributed by atoms with Gasteiger partial charge >= 0.3 is 0 Å². The van der Waals surface area contributed by atoms with Crippen LogP contribution in [0.3, 0.4) is 0 Å². The smallest absolute Gasteiger partial charge is 0.0575 e. The predicted octanol–water partition coefficient (Wildman–Crippen LogP) is 25.3. The number of hydrogen-bond acceptors (Lipinski definition) is 4. The molecule has 10 rings (SSSR count). The molecule has 4 nitrogen and oxygen atoms in total. The molecule has 10 unspecified atom stereocenters. The lowest BCUT2D eigenvalue weighted by Crippen LogP contribution is -2.67. The molecule has 0 radical (unpaired) electrons. The van der Waals surface area contributed by atoms with Crippen molar-refractivity contribution < 1.29 is 9.47 Å². The maximum atomic E-state index is 6.90. The highest BCUT2D eigenvalue weighted by molar-refractivity contribution is 5.14. The lowest BCUT2D eigenvalue weighted by atomic mass is 9.41. The van der Waals surface area contributed by atoms with E-state index in [0.717, 1.165) is 132 Å². The number of hydrogen-bond donors (Lipinski definition) is 0. The third kappa shape index (κ3) is 20.5. The van der Waals surface area contributed by atoms with Crippen molar-refractivity contribution in [3.63, 3.8) is 0 Å². The summed E-state index contributed by atoms with van der Waals surface area (Å²) in [5.74, 6) is 13.4. The van der Waals surface area contributed by atoms with Gasteiger partial charge in [0.2, 0.25) is 0 Å². The second-order valence-corrected chi connectivity index (χ2v) is 35.4. The molecule has 10 fully saturated rings. The quantitative estimate of drug-likeness (QED) is 0.0575. The zero-order valence-electron chi connectivity index (χ0n) is 61.4. The minimum absolute atomic E-state index is 0.529. The van der Waals surface area contributed by atoms with Crippen LogP contribution in [0.25, 0.3) is 0 Å². The molecule has 10 aliphatic rings. The summed E-state index contributed by atoms with van der Waals surface area (Å²) in [6.07, 6.45) is 83.2. The maximum absolute atomic E-state index is 6.90. The first-order valence-electron chi connectivity index (χ1n) is 43.1. The first-order valence-corrected chi connectivity index (χ1v) is 43.1. The highest BCUT2D eigenvalue weighted by atomic mass is 16.5. The average Bonchev–Trinajstić information content (AvgIpc) is 0.712. The Bertz CT molecular complexity index is 1710. The molecule has 0 aliphatic heterocycles. The Morgan fingerprint density at radius 2 is 0.556 bits per heavy atom. The Morgan fingerprint density at radius 3 is 0.889 bits per heavy atom. The first kappa shape index (κ1) is 72.6. The minimum atomic E-state index is 0.529. The second-order valence-electron chi connectivity index (χ2n) is 35.4. The highest BCUT2D eigenvalue weighted by Gasteiger charge is 2.63. The molecule has 0 aromatic rings. The Morgan fingerprint density at radius 1 is 0.267 bits per heavy atom. The summed E-state index contributed by atoms with van der Waals surface area (Å²) in [4.78, 5) is 7.15. The van der Waals surface area contributed by atoms with Crippen LogP contribution in [0.2, 0.25) is 0 Å². The molecule has 0 amide bonds. The summed E-state index contributed by atoms with van der Waals surface area (Å²) < 4.78 is 13.8. The van der Waals surface area contributed by atoms with Crippen LogP contribution in [0.15, 0.2) is 0 Å². The van der Waals surface area contributed by atoms with Crippen LogP contribution in [0.4, 0.5) is 0 Å². The van der Waals surface area contributed by atoms with E-state index in [1.165, 1.54) is 321 Å². The van der Waals surface area contributed by atoms with Crippen molar-refractivity contribution in [2.24, 2.45) is 82.9 Å². The van der Waals surface area contributed by atoms with Crippen molar-refractivity contribution in [1.29, 1.82) is 0 Å². The Kier molecular flexibility index (Phi) is 31.8. The average molecular weight is 1250 g/mol. The van der Waals surface area contributed by atoms with Crippen LogP contribution in [-0.4, -0.2) is 71.5 Å². The molecule has 522 valence electrons. The molecular formula is C86H156N2O2. The van der Waals surface area contributed by atoms with Crippen LogP contribution < -0.4 is 0 Å². The van der Waals surface area contributed by atoms with Gasteiger partial charge in [0.1, 0.15) is 0 Å². The van der Waals surface area contributed by atoms with E-state index >= 15 is 0 Å². The van der Waals surface area contributed by atoms with Gasteiger partial charge in [-0.1, -0.05) is 196 Å². The van der Waals surface area contributed by atoms with E-state index in [2.05, 4.69) is 51.3 Å². The number of ether oxygens (including phenoxy) is 2. The Labute approximate surface area is 561 Å². The predicted molar refractivity (Wildman–Crippen MR) is 387 cm³/mol. The molecule has 10 atom stereocenters. The molecule has 0 aromatic carbocycles. The van der Waals surface area contributed by atoms with Crippen molar-refractivity contribution in [3.8, 4) is 0 Å². The van der Waals surface area contributed by atoms with Crippen LogP contribution in [0.1, 0.15) is 401 Å². The van der Waals surface area contributed by atoms with Gasteiger partial charge in [-0.3, -0.25) is 9.80 Å². The second kappa shape index (κ2) is 39.4. The molecule has 0 spiro atoms. The number of rotatable bonds is 38. The van der Waals surface area contributed by atoms with Crippen LogP contribution in [0, 0.1) is 82.9 Å². The zero-order valence-corrected chi connectivity index (χ0v) is 61.4. The topological polar surface area (TPSA) is 24.9 Å². The van der Waals surface area contributed by atoms with Gasteiger partial charge in [0, 0.05) is 49.5 Å². The van der Waals surface area contributed by atoms with Crippen LogP contribution in [0.5, 0.6) is 0 Å². The van der Waals surface area contributed by atoms with E-state index in [1.54, 1.807) is 38.5 Å². The molecule has 0 N–H and O–H groups in total. The van der Waals surface area contributed by atoms with E-state index < -0.39 is 0 Å². The van der Waals surface area contributed by atoms with Crippen molar-refractivity contribution >= 4 is 0 Å². The normalized spacial score (nSPS) is 39.2. The fourth-order valence-corrected chi connectivity index (χ4v) is 24.5. The van der Waals surface area contributed by atoms with Crippen LogP contribution >= 0.6 is 0 Å². The van der Waals surface area contributed by atoms with Gasteiger partial charge < -0.3 is 9.47 Å². The van der Waals surface area contributed by atoms with Crippen molar-refractivity contribution in [3.05, 3.63) is 0 Å². The van der Waals surface area contributed by atoms with E-state index in [-0.39, 0.29) is 0 Å². The van der Waals surface area contributed by atoms with Gasteiger partial charge in [0.25, 0.3) is 0 Å². The third-order valence-corrected chi connectivity index (χ3v) is 29.5. The largest absolute Gasteiger partial charge is 0.378 e. The summed E-state index contributed by atoms with van der Waals surface area (Å²) >= 11 is 0. The minimum Gasteiger partial charge on any atom is -0.378 e. The standard InChI is InChI=1S/C86H156N2O2/c1-7-11-15-19-23-27-31-67-37-49-73(50-38-67)87(71-45-33-65(5)34-46-71)83-63-81(69-41-53-75(54-42-69)89-61-29-25-21-17-13-9-3)77-58-60-80-84(88(72-47-35-66(6)36-48-72)74-51-39-68(40-52-74)32-28-24-20-16-12-8-2)64-82(78-57-59-79(83)85(77)86(78)80)70-43-55-76(56-44-70)90-62-30-26-22-18-14-10-4/h65-86H,7-64H2,1-6H3. The molecule has 0 aromatic heterocycles. The van der Waals surface area contributed by atoms with Crippen molar-refractivity contribution in [2.75, 3.05) is 13.2 Å². The monoisotopic (exact) mass is 1250 g/mol. The molecule has 0 saturated heterocycles. The molecule has 10 saturated carbocycles. The van der Waals surface area contributed by atoms with E-state index in [0.29, 0.717) is 12.2 Å². The summed E-state index contributed by atoms with van der Waals surface area (Å²) in [5.41, 5.74) is 0. The Balaban J connectivity index is 0.942. The van der Waals surface area contributed by atoms with Gasteiger partial charge in [-0.2, -0.15) is 0 Å². The molecule has 90 heavy (non-hydrogen) atoms. The van der Waals surface area contributed by atoms with Crippen LogP contribution in [-0.2, 0) is 9.47 Å². The molecule has 0 bridgehead atoms. The summed E-state index contributed by atoms with van der Waals surface area (Å²) in [6, 6.07) is 5.06. The Hall–Kier alpha value is -0.160. The molecule has 0 heterocycles. The SMILES string of the molecule is CCCCCCCCOC1CCC(C2CC(N(C3CCC(C)CC3)C3CCC(CCCCCCCC)CC3)C3CCC4C(C5CCC(OCCCCCCCC)CC5)CC(N(C5CCC(C)CC5)C5CCC(CCCCCCCC)CC5)C5CCC2C3C45)CC1. The number of unbranched alkanes of at least 4 members (excludes halogenated alkanes) is 20. The first-order chi connectivity index (χ1) is 44.3. The van der Waals surface area contributed by atoms with Gasteiger partial charge in [0.15, 0.2) is 0 Å². The molecule has 4 heteroatoms. The van der Waals surface area contributed by atoms with E-state index in [1.807, 2.05) is 0 Å². The lowest BCUT2D eigenvalue weighted by Gasteiger charge is -2.68. The van der Waals surface area contributed by atoms with Gasteiger partial charge in [-0.25, -0.2) is 0 Å². The van der Waals surface area contributed by atoms with Gasteiger partial charge in [0.05, 0.1) is 12.2 Å². The van der Waals surface area contributed by atoms with Crippen molar-refractivity contribution in [1.82, 2.24) is 9.80 Å². The zero-order chi connectivity index (χ0) is 62.3.